The van der Waals surface area contributed by atoms with E-state index in [2.05, 4.69) is 15.6 Å². The van der Waals surface area contributed by atoms with E-state index in [1.54, 1.807) is 30.0 Å². The Morgan fingerprint density at radius 2 is 1.48 bits per heavy atom. The number of halogens is 3. The Kier molecular flexibility index (Phi) is 20.5. The number of nitrogens with zero attached hydrogens (tertiary/aromatic N) is 4. The molecule has 5 aliphatic rings. The highest BCUT2D eigenvalue weighted by Gasteiger charge is 2.54. The van der Waals surface area contributed by atoms with Crippen LogP contribution in [0.25, 0.3) is 11.3 Å². The Hall–Kier alpha value is -4.82. The fourth-order valence-electron chi connectivity index (χ4n) is 10.6. The molecule has 24 nitrogen and oxygen atoms in total. The quantitative estimate of drug-likeness (QED) is 0.0372. The van der Waals surface area contributed by atoms with Gasteiger partial charge in [-0.1, -0.05) is 50.1 Å². The van der Waals surface area contributed by atoms with Gasteiger partial charge in [0.25, 0.3) is 5.91 Å². The first-order chi connectivity index (χ1) is 37.9. The molecule has 3 aromatic rings. The molecular weight excluding hydrogens is 1060 g/mol. The number of carbonyl (C=O) groups excluding carboxylic acids is 3. The van der Waals surface area contributed by atoms with E-state index in [4.69, 9.17) is 37.9 Å². The summed E-state index contributed by atoms with van der Waals surface area (Å²) in [6, 6.07) is 7.84. The van der Waals surface area contributed by atoms with Crippen molar-refractivity contribution in [2.24, 2.45) is 11.8 Å². The largest absolute Gasteiger partial charge is 0.450 e. The second-order valence-corrected chi connectivity index (χ2v) is 20.5. The van der Waals surface area contributed by atoms with E-state index in [1.165, 1.54) is 19.1 Å². The number of esters is 1. The van der Waals surface area contributed by atoms with Crippen molar-refractivity contribution >= 4 is 17.8 Å². The molecule has 4 saturated heterocycles. The van der Waals surface area contributed by atoms with Gasteiger partial charge < -0.3 is 89.0 Å². The van der Waals surface area contributed by atoms with Crippen LogP contribution in [0.5, 0.6) is 0 Å². The number of ether oxygens (including phenoxy) is 8. The minimum atomic E-state index is -1.76. The third-order valence-electron chi connectivity index (χ3n) is 15.2. The van der Waals surface area contributed by atoms with Crippen LogP contribution in [0.3, 0.4) is 0 Å². The van der Waals surface area contributed by atoms with Gasteiger partial charge in [0.1, 0.15) is 72.8 Å². The summed E-state index contributed by atoms with van der Waals surface area (Å²) in [5, 5.41) is 98.0. The summed E-state index contributed by atoms with van der Waals surface area (Å²) < 4.78 is 92.1. The molecule has 5 fully saturated rings. The first kappa shape index (κ1) is 60.3. The SMILES string of the molecule is CCC[C@H](OC1C(OC(=O)c2ccccc2)[C@H](O[C@@H]2CC(C(=O)NCCO[C@H]3OC(CO)[C@@H](O)C(n4cc(-c5cc(F)c(F)c(F)c5)nn4)C3O)CC(CC)C2O[C@@H]2OC(C)[C@@H](O)C(O)C2O)OC(CO)[C@@H]1O)C(=O)N1CCC1. The van der Waals surface area contributed by atoms with Crippen molar-refractivity contribution in [1.82, 2.24) is 25.2 Å². The van der Waals surface area contributed by atoms with E-state index in [0.717, 1.165) is 17.3 Å². The Morgan fingerprint density at radius 1 is 0.797 bits per heavy atom. The molecule has 20 atom stereocenters. The van der Waals surface area contributed by atoms with Gasteiger partial charge in [-0.05, 0) is 62.8 Å². The maximum atomic E-state index is 14.3. The van der Waals surface area contributed by atoms with Gasteiger partial charge in [-0.2, -0.15) is 0 Å². The van der Waals surface area contributed by atoms with Gasteiger partial charge in [-0.25, -0.2) is 22.6 Å². The first-order valence-corrected chi connectivity index (χ1v) is 26.6. The predicted octanol–water partition coefficient (Wildman–Crippen LogP) is -0.401. The minimum Gasteiger partial charge on any atom is -0.450 e. The molecule has 0 bridgehead atoms. The van der Waals surface area contributed by atoms with Crippen molar-refractivity contribution in [3.63, 3.8) is 0 Å². The number of aliphatic hydroxyl groups is 8. The lowest BCUT2D eigenvalue weighted by Gasteiger charge is -2.49. The first-order valence-electron chi connectivity index (χ1n) is 26.6. The van der Waals surface area contributed by atoms with Gasteiger partial charge in [0.05, 0.1) is 49.9 Å². The summed E-state index contributed by atoms with van der Waals surface area (Å²) in [7, 11) is 0. The average molecular weight is 1130 g/mol. The molecule has 2 aromatic carbocycles. The summed E-state index contributed by atoms with van der Waals surface area (Å²) in [6.45, 7) is 4.03. The summed E-state index contributed by atoms with van der Waals surface area (Å²) in [6.07, 6.45) is -22.2. The standard InChI is InChI=1S/C52H70F3N5O19/c1-4-10-32(48(70)59-14-9-15-59)74-45-40(65)35(23-62)77-52(46(45)78-49(71)26-11-7-6-8-12-26)75-33-20-28(17-25(5-2)44(33)79-51-43(68)42(67)38(63)24(3)73-51)47(69)56-13-16-72-50-41(66)37(39(64)34(22-61)76-50)60-21-31(57-58-60)27-18-29(53)36(55)30(54)19-27/h6-8,11-12,18-19,21,24-25,28,32-35,37-46,50-52,61-68H,4-5,9-10,13-17,20,22-23H2,1-3H3,(H,56,69)/t24?,25?,28?,32-,33+,34?,35?,37?,38+,39+,40-,41?,42?,43?,44?,45?,46?,50-,51-,52+/m0/s1. The number of aliphatic hydroxyl groups excluding tert-OH is 8. The van der Waals surface area contributed by atoms with Gasteiger partial charge >= 0.3 is 5.97 Å². The maximum Gasteiger partial charge on any atom is 0.338 e. The van der Waals surface area contributed by atoms with Gasteiger partial charge in [0, 0.05) is 31.1 Å². The lowest BCUT2D eigenvalue weighted by atomic mass is 9.75. The summed E-state index contributed by atoms with van der Waals surface area (Å²) >= 11 is 0. The van der Waals surface area contributed by atoms with Crippen LogP contribution in [-0.4, -0.2) is 222 Å². The van der Waals surface area contributed by atoms with Crippen LogP contribution in [0.2, 0.25) is 0 Å². The van der Waals surface area contributed by atoms with E-state index in [9.17, 15) is 68.4 Å². The molecule has 5 heterocycles. The van der Waals surface area contributed by atoms with Gasteiger partial charge in [0.15, 0.2) is 42.4 Å². The minimum absolute atomic E-state index is 0.101. The molecule has 1 saturated carbocycles. The molecule has 12 unspecified atom stereocenters. The smallest absolute Gasteiger partial charge is 0.338 e. The predicted molar refractivity (Wildman–Crippen MR) is 262 cm³/mol. The van der Waals surface area contributed by atoms with Crippen LogP contribution < -0.4 is 5.32 Å². The number of hydrogen-bond acceptors (Lipinski definition) is 21. The van der Waals surface area contributed by atoms with E-state index in [-0.39, 0.29) is 55.1 Å². The fraction of sp³-hybridized carbons (Fsp3) is 0.673. The molecule has 2 amide bonds. The van der Waals surface area contributed by atoms with Crippen LogP contribution in [0, 0.1) is 29.3 Å². The highest BCUT2D eigenvalue weighted by atomic mass is 19.2. The Morgan fingerprint density at radius 3 is 2.13 bits per heavy atom. The van der Waals surface area contributed by atoms with E-state index in [1.807, 2.05) is 6.92 Å². The van der Waals surface area contributed by atoms with Gasteiger partial charge in [0.2, 0.25) is 5.91 Å². The summed E-state index contributed by atoms with van der Waals surface area (Å²) in [4.78, 5) is 43.6. The monoisotopic (exact) mass is 1130 g/mol. The molecule has 79 heavy (non-hydrogen) atoms. The van der Waals surface area contributed by atoms with Crippen molar-refractivity contribution in [2.45, 2.75) is 170 Å². The molecule has 8 rings (SSSR count). The van der Waals surface area contributed by atoms with Crippen molar-refractivity contribution < 1.29 is 106 Å². The third kappa shape index (κ3) is 13.4. The topological polar surface area (TPSA) is 333 Å². The van der Waals surface area contributed by atoms with Crippen molar-refractivity contribution in [3.05, 3.63) is 71.7 Å². The molecule has 4 aliphatic heterocycles. The molecular formula is C52H70F3N5O19. The normalized spacial score (nSPS) is 35.3. The number of hydrogen-bond donors (Lipinski definition) is 9. The highest BCUT2D eigenvalue weighted by molar-refractivity contribution is 5.89. The number of nitrogens with one attached hydrogen (secondary N) is 1. The molecule has 0 spiro atoms. The molecule has 1 aliphatic carbocycles. The lowest BCUT2D eigenvalue weighted by Crippen LogP contribution is -2.64. The lowest BCUT2D eigenvalue weighted by molar-refractivity contribution is -0.349. The zero-order valence-electron chi connectivity index (χ0n) is 43.6. The van der Waals surface area contributed by atoms with E-state index >= 15 is 0 Å². The second kappa shape index (κ2) is 26.8. The van der Waals surface area contributed by atoms with E-state index in [0.29, 0.717) is 38.1 Å². The molecule has 438 valence electrons. The number of carbonyl (C=O) groups is 3. The molecule has 9 N–H and O–H groups in total. The maximum absolute atomic E-state index is 14.3. The van der Waals surface area contributed by atoms with Gasteiger partial charge in [-0.3, -0.25) is 9.59 Å². The molecule has 1 aromatic heterocycles. The van der Waals surface area contributed by atoms with Crippen LogP contribution in [0.4, 0.5) is 13.2 Å². The zero-order chi connectivity index (χ0) is 56.8. The Labute approximate surface area is 452 Å². The molecule has 27 heteroatoms. The van der Waals surface area contributed by atoms with Gasteiger partial charge in [-0.15, -0.1) is 5.10 Å². The van der Waals surface area contributed by atoms with E-state index < -0.39 is 165 Å². The number of likely N-dealkylation sites (tertiary alicyclic amines) is 1. The number of rotatable bonds is 21. The van der Waals surface area contributed by atoms with Crippen LogP contribution in [-0.2, 0) is 47.5 Å². The zero-order valence-corrected chi connectivity index (χ0v) is 43.6. The number of benzene rings is 2. The van der Waals surface area contributed by atoms with Crippen molar-refractivity contribution in [3.8, 4) is 11.3 Å². The second-order valence-electron chi connectivity index (χ2n) is 20.5. The highest BCUT2D eigenvalue weighted by Crippen LogP contribution is 2.41. The Balaban J connectivity index is 1.02. The fourth-order valence-corrected chi connectivity index (χ4v) is 10.6. The summed E-state index contributed by atoms with van der Waals surface area (Å²) in [5.41, 5.74) is -0.245. The summed E-state index contributed by atoms with van der Waals surface area (Å²) in [5.74, 6) is -7.91. The Bertz CT molecular complexity index is 2480. The van der Waals surface area contributed by atoms with Crippen LogP contribution >= 0.6 is 0 Å². The van der Waals surface area contributed by atoms with Crippen LogP contribution in [0.1, 0.15) is 75.7 Å². The van der Waals surface area contributed by atoms with Crippen LogP contribution in [0.15, 0.2) is 48.7 Å². The average Bonchev–Trinajstić information content (AvgIpc) is 4.00. The van der Waals surface area contributed by atoms with Crippen molar-refractivity contribution in [2.75, 3.05) is 39.5 Å². The third-order valence-corrected chi connectivity index (χ3v) is 15.2. The number of aromatic nitrogens is 3. The molecule has 0 radical (unpaired) electrons. The number of amides is 2. The van der Waals surface area contributed by atoms with Crippen molar-refractivity contribution in [1.29, 1.82) is 0 Å².